The van der Waals surface area contributed by atoms with Crippen molar-refractivity contribution in [1.29, 1.82) is 0 Å². The maximum absolute atomic E-state index is 13.1. The average molecular weight is 438 g/mol. The SMILES string of the molecule is CCc1ccc(C(C(=O)NC(C)C)N(C)C(=O)C(CS)NC(=O)OC(C)(C)C)cc1. The predicted octanol–water partition coefficient (Wildman–Crippen LogP) is 3.10. The molecule has 30 heavy (non-hydrogen) atoms. The van der Waals surface area contributed by atoms with Crippen LogP contribution in [0.1, 0.15) is 58.7 Å². The highest BCUT2D eigenvalue weighted by atomic mass is 32.1. The molecule has 0 spiro atoms. The first-order valence-electron chi connectivity index (χ1n) is 10.2. The number of likely N-dealkylation sites (N-methyl/N-ethyl adjacent to an activating group) is 1. The first-order valence-corrected chi connectivity index (χ1v) is 10.8. The van der Waals surface area contributed by atoms with E-state index >= 15 is 0 Å². The number of ether oxygens (including phenoxy) is 1. The molecule has 2 N–H and O–H groups in total. The fourth-order valence-corrected chi connectivity index (χ4v) is 3.11. The van der Waals surface area contributed by atoms with Gasteiger partial charge in [0.1, 0.15) is 17.7 Å². The number of carbonyl (C=O) groups is 3. The molecule has 168 valence electrons. The molecule has 0 aliphatic heterocycles. The minimum absolute atomic E-state index is 0.0652. The Morgan fingerprint density at radius 1 is 1.10 bits per heavy atom. The number of nitrogens with one attached hydrogen (secondary N) is 2. The Bertz CT molecular complexity index is 729. The van der Waals surface area contributed by atoms with Gasteiger partial charge in [0.25, 0.3) is 0 Å². The largest absolute Gasteiger partial charge is 0.444 e. The quantitative estimate of drug-likeness (QED) is 0.546. The van der Waals surface area contributed by atoms with Crippen LogP contribution < -0.4 is 10.6 Å². The molecule has 0 fully saturated rings. The first-order chi connectivity index (χ1) is 13.9. The zero-order valence-electron chi connectivity index (χ0n) is 19.0. The maximum Gasteiger partial charge on any atom is 0.408 e. The molecule has 2 unspecified atom stereocenters. The Balaban J connectivity index is 3.13. The first kappa shape index (κ1) is 25.8. The monoisotopic (exact) mass is 437 g/mol. The van der Waals surface area contributed by atoms with Gasteiger partial charge in [-0.15, -0.1) is 0 Å². The molecule has 0 heterocycles. The van der Waals surface area contributed by atoms with Crippen LogP contribution in [0.15, 0.2) is 24.3 Å². The van der Waals surface area contributed by atoms with Crippen molar-refractivity contribution in [2.24, 2.45) is 0 Å². The third-order valence-corrected chi connectivity index (χ3v) is 4.65. The van der Waals surface area contributed by atoms with Crippen LogP contribution in [0.2, 0.25) is 0 Å². The summed E-state index contributed by atoms with van der Waals surface area (Å²) in [6, 6.07) is 5.73. The van der Waals surface area contributed by atoms with E-state index in [9.17, 15) is 14.4 Å². The molecule has 8 heteroatoms. The molecule has 0 radical (unpaired) electrons. The van der Waals surface area contributed by atoms with Crippen molar-refractivity contribution in [1.82, 2.24) is 15.5 Å². The van der Waals surface area contributed by atoms with Gasteiger partial charge in [-0.2, -0.15) is 12.6 Å². The van der Waals surface area contributed by atoms with Crippen LogP contribution in [0.4, 0.5) is 4.79 Å². The summed E-state index contributed by atoms with van der Waals surface area (Å²) in [5.41, 5.74) is 1.13. The number of carbonyl (C=O) groups excluding carboxylic acids is 3. The van der Waals surface area contributed by atoms with Crippen molar-refractivity contribution in [2.45, 2.75) is 71.7 Å². The van der Waals surface area contributed by atoms with Gasteiger partial charge in [-0.25, -0.2) is 4.79 Å². The smallest absolute Gasteiger partial charge is 0.408 e. The van der Waals surface area contributed by atoms with Crippen molar-refractivity contribution in [3.8, 4) is 0 Å². The summed E-state index contributed by atoms with van der Waals surface area (Å²) in [5, 5.41) is 5.42. The summed E-state index contributed by atoms with van der Waals surface area (Å²) in [6.45, 7) is 11.0. The lowest BCUT2D eigenvalue weighted by molar-refractivity contribution is -0.140. The number of alkyl carbamates (subject to hydrolysis) is 1. The summed E-state index contributed by atoms with van der Waals surface area (Å²) < 4.78 is 5.24. The van der Waals surface area contributed by atoms with Gasteiger partial charge in [0.15, 0.2) is 0 Å². The maximum atomic E-state index is 13.1. The summed E-state index contributed by atoms with van der Waals surface area (Å²) in [7, 11) is 1.55. The lowest BCUT2D eigenvalue weighted by atomic mass is 10.0. The molecular weight excluding hydrogens is 402 g/mol. The molecule has 0 saturated heterocycles. The molecule has 0 bridgehead atoms. The van der Waals surface area contributed by atoms with Crippen molar-refractivity contribution < 1.29 is 19.1 Å². The molecule has 0 saturated carbocycles. The topological polar surface area (TPSA) is 87.7 Å². The number of aryl methyl sites for hydroxylation is 1. The molecule has 2 atom stereocenters. The fraction of sp³-hybridized carbons (Fsp3) is 0.591. The molecule has 1 rings (SSSR count). The summed E-state index contributed by atoms with van der Waals surface area (Å²) in [6.07, 6.45) is 0.165. The highest BCUT2D eigenvalue weighted by Crippen LogP contribution is 2.22. The van der Waals surface area contributed by atoms with Crippen LogP contribution in [0.25, 0.3) is 0 Å². The lowest BCUT2D eigenvalue weighted by Crippen LogP contribution is -2.52. The molecular formula is C22H35N3O4S. The number of hydrogen-bond acceptors (Lipinski definition) is 5. The van der Waals surface area contributed by atoms with Gasteiger partial charge in [0.2, 0.25) is 11.8 Å². The standard InChI is InChI=1S/C22H35N3O4S/c1-8-15-9-11-16(12-10-15)18(19(26)23-14(2)3)25(7)20(27)17(13-30)24-21(28)29-22(4,5)6/h9-12,14,17-18,30H,8,13H2,1-7H3,(H,23,26)(H,24,28). The van der Waals surface area contributed by atoms with Gasteiger partial charge in [-0.3, -0.25) is 9.59 Å². The molecule has 7 nitrogen and oxygen atoms in total. The number of rotatable bonds is 8. The second-order valence-corrected chi connectivity index (χ2v) is 8.86. The number of hydrogen-bond donors (Lipinski definition) is 3. The molecule has 0 aliphatic carbocycles. The Morgan fingerprint density at radius 2 is 1.67 bits per heavy atom. The van der Waals surface area contributed by atoms with E-state index in [0.717, 1.165) is 12.0 Å². The van der Waals surface area contributed by atoms with Crippen LogP contribution in [0.5, 0.6) is 0 Å². The second kappa shape index (κ2) is 11.2. The molecule has 1 aromatic rings. The van der Waals surface area contributed by atoms with Crippen molar-refractivity contribution >= 4 is 30.5 Å². The van der Waals surface area contributed by atoms with E-state index in [1.54, 1.807) is 27.8 Å². The summed E-state index contributed by atoms with van der Waals surface area (Å²) in [4.78, 5) is 39.5. The third kappa shape index (κ3) is 7.89. The second-order valence-electron chi connectivity index (χ2n) is 8.49. The van der Waals surface area contributed by atoms with Crippen molar-refractivity contribution in [2.75, 3.05) is 12.8 Å². The Morgan fingerprint density at radius 3 is 2.10 bits per heavy atom. The van der Waals surface area contributed by atoms with Gasteiger partial charge in [0, 0.05) is 18.8 Å². The summed E-state index contributed by atoms with van der Waals surface area (Å²) >= 11 is 4.21. The zero-order chi connectivity index (χ0) is 23.1. The van der Waals surface area contributed by atoms with E-state index < -0.39 is 29.7 Å². The lowest BCUT2D eigenvalue weighted by Gasteiger charge is -2.31. The van der Waals surface area contributed by atoms with Crippen molar-refractivity contribution in [3.63, 3.8) is 0 Å². The predicted molar refractivity (Wildman–Crippen MR) is 122 cm³/mol. The van der Waals surface area contributed by atoms with Crippen molar-refractivity contribution in [3.05, 3.63) is 35.4 Å². The minimum atomic E-state index is -0.933. The van der Waals surface area contributed by atoms with Gasteiger partial charge in [-0.05, 0) is 52.2 Å². The van der Waals surface area contributed by atoms with E-state index in [0.29, 0.717) is 5.56 Å². The number of benzene rings is 1. The zero-order valence-corrected chi connectivity index (χ0v) is 19.9. The van der Waals surface area contributed by atoms with Crippen LogP contribution in [0.3, 0.4) is 0 Å². The normalized spacial score (nSPS) is 13.4. The van der Waals surface area contributed by atoms with E-state index in [4.69, 9.17) is 4.74 Å². The van der Waals surface area contributed by atoms with E-state index in [1.807, 2.05) is 45.0 Å². The van der Waals surface area contributed by atoms with Crippen LogP contribution in [-0.2, 0) is 20.7 Å². The molecule has 3 amide bonds. The number of thiol groups is 1. The number of nitrogens with zero attached hydrogens (tertiary/aromatic N) is 1. The van der Waals surface area contributed by atoms with Crippen LogP contribution >= 0.6 is 12.6 Å². The third-order valence-electron chi connectivity index (χ3n) is 4.29. The van der Waals surface area contributed by atoms with Crippen LogP contribution in [0, 0.1) is 0 Å². The minimum Gasteiger partial charge on any atom is -0.444 e. The van der Waals surface area contributed by atoms with Gasteiger partial charge in [0.05, 0.1) is 0 Å². The van der Waals surface area contributed by atoms with Crippen LogP contribution in [-0.4, -0.2) is 53.3 Å². The summed E-state index contributed by atoms with van der Waals surface area (Å²) in [5.74, 6) is -0.657. The average Bonchev–Trinajstić information content (AvgIpc) is 2.64. The molecule has 1 aromatic carbocycles. The number of amides is 3. The molecule has 0 aromatic heterocycles. The highest BCUT2D eigenvalue weighted by molar-refractivity contribution is 7.80. The van der Waals surface area contributed by atoms with E-state index in [2.05, 4.69) is 23.3 Å². The van der Waals surface area contributed by atoms with E-state index in [-0.39, 0.29) is 17.7 Å². The van der Waals surface area contributed by atoms with Gasteiger partial charge in [-0.1, -0.05) is 31.2 Å². The Labute approximate surface area is 185 Å². The Hall–Kier alpha value is -2.22. The van der Waals surface area contributed by atoms with Gasteiger partial charge < -0.3 is 20.3 Å². The van der Waals surface area contributed by atoms with E-state index in [1.165, 1.54) is 4.90 Å². The Kier molecular flexibility index (Phi) is 9.68. The van der Waals surface area contributed by atoms with Gasteiger partial charge >= 0.3 is 6.09 Å². The molecule has 0 aliphatic rings. The fourth-order valence-electron chi connectivity index (χ4n) is 2.86. The highest BCUT2D eigenvalue weighted by Gasteiger charge is 2.33.